The molecule has 1 unspecified atom stereocenters. The Hall–Kier alpha value is -3.88. The van der Waals surface area contributed by atoms with Crippen LogP contribution in [0.15, 0.2) is 53.3 Å². The largest absolute Gasteiger partial charge is 0.363 e. The lowest BCUT2D eigenvalue weighted by atomic mass is 10.0. The maximum Gasteiger partial charge on any atom is 0.291 e. The van der Waals surface area contributed by atoms with Crippen LogP contribution < -0.4 is 11.1 Å². The van der Waals surface area contributed by atoms with E-state index < -0.39 is 23.6 Å². The van der Waals surface area contributed by atoms with Gasteiger partial charge in [0.1, 0.15) is 6.04 Å². The molecule has 0 fully saturated rings. The van der Waals surface area contributed by atoms with E-state index in [0.29, 0.717) is 22.6 Å². The van der Waals surface area contributed by atoms with E-state index in [1.807, 2.05) is 0 Å². The van der Waals surface area contributed by atoms with Gasteiger partial charge in [-0.2, -0.15) is 0 Å². The molecule has 9 nitrogen and oxygen atoms in total. The number of aryl methyl sites for hydroxylation is 1. The first kappa shape index (κ1) is 18.9. The minimum absolute atomic E-state index is 0.000390. The number of rotatable bonds is 7. The quantitative estimate of drug-likeness (QED) is 0.579. The van der Waals surface area contributed by atoms with Crippen LogP contribution in [0.3, 0.4) is 0 Å². The van der Waals surface area contributed by atoms with E-state index in [0.717, 1.165) is 0 Å². The van der Waals surface area contributed by atoms with Gasteiger partial charge < -0.3 is 15.6 Å². The average molecular weight is 379 g/mol. The van der Waals surface area contributed by atoms with E-state index in [1.165, 1.54) is 0 Å². The molecule has 3 heterocycles. The predicted molar refractivity (Wildman–Crippen MR) is 97.9 cm³/mol. The van der Waals surface area contributed by atoms with Gasteiger partial charge in [0.15, 0.2) is 0 Å². The summed E-state index contributed by atoms with van der Waals surface area (Å²) in [6.07, 6.45) is 3.12. The Bertz CT molecular complexity index is 1000. The number of primary amides is 1. The summed E-state index contributed by atoms with van der Waals surface area (Å²) in [4.78, 5) is 44.7. The third kappa shape index (κ3) is 4.09. The average Bonchev–Trinajstić information content (AvgIpc) is 3.09. The van der Waals surface area contributed by atoms with Crippen molar-refractivity contribution in [3.63, 3.8) is 0 Å². The number of nitrogens with zero attached hydrogens (tertiary/aromatic N) is 3. The maximum atomic E-state index is 12.8. The smallest absolute Gasteiger partial charge is 0.291 e. The molecule has 142 valence electrons. The zero-order valence-electron chi connectivity index (χ0n) is 15.0. The molecule has 9 heteroatoms. The fourth-order valence-corrected chi connectivity index (χ4v) is 2.67. The van der Waals surface area contributed by atoms with Crippen molar-refractivity contribution >= 4 is 17.6 Å². The summed E-state index contributed by atoms with van der Waals surface area (Å²) in [7, 11) is 0. The maximum absolute atomic E-state index is 12.8. The van der Waals surface area contributed by atoms with Gasteiger partial charge in [-0.15, -0.1) is 0 Å². The summed E-state index contributed by atoms with van der Waals surface area (Å²) in [6, 6.07) is 9.12. The monoisotopic (exact) mass is 379 g/mol. The summed E-state index contributed by atoms with van der Waals surface area (Å²) in [5.41, 5.74) is 7.00. The molecule has 0 saturated heterocycles. The second-order valence-electron chi connectivity index (χ2n) is 5.97. The van der Waals surface area contributed by atoms with E-state index in [4.69, 9.17) is 10.3 Å². The lowest BCUT2D eigenvalue weighted by Crippen LogP contribution is -2.47. The number of ketones is 1. The number of carbonyl (C=O) groups is 3. The molecule has 0 aliphatic carbocycles. The number of nitrogens with two attached hydrogens (primary N) is 1. The number of carbonyl (C=O) groups excluding carboxylic acids is 3. The highest BCUT2D eigenvalue weighted by atomic mass is 16.5. The lowest BCUT2D eigenvalue weighted by Gasteiger charge is -2.15. The molecule has 1 atom stereocenters. The molecule has 0 spiro atoms. The Morgan fingerprint density at radius 2 is 1.82 bits per heavy atom. The van der Waals surface area contributed by atoms with E-state index in [9.17, 15) is 14.4 Å². The van der Waals surface area contributed by atoms with Crippen LogP contribution >= 0.6 is 0 Å². The van der Waals surface area contributed by atoms with Crippen molar-refractivity contribution in [3.05, 3.63) is 65.9 Å². The van der Waals surface area contributed by atoms with Crippen LogP contribution in [-0.4, -0.2) is 38.8 Å². The number of aromatic nitrogens is 3. The number of hydrogen-bond donors (Lipinski definition) is 2. The summed E-state index contributed by atoms with van der Waals surface area (Å²) in [5.74, 6) is -2.91. The van der Waals surface area contributed by atoms with E-state index in [2.05, 4.69) is 20.4 Å². The second-order valence-corrected chi connectivity index (χ2v) is 5.97. The van der Waals surface area contributed by atoms with Crippen molar-refractivity contribution < 1.29 is 18.9 Å². The van der Waals surface area contributed by atoms with E-state index in [1.54, 1.807) is 55.7 Å². The molecule has 3 N–H and O–H groups in total. The van der Waals surface area contributed by atoms with Crippen LogP contribution in [0.2, 0.25) is 0 Å². The van der Waals surface area contributed by atoms with Crippen LogP contribution in [0.25, 0.3) is 11.3 Å². The van der Waals surface area contributed by atoms with E-state index >= 15 is 0 Å². The normalized spacial score (nSPS) is 11.6. The Balaban J connectivity index is 1.89. The van der Waals surface area contributed by atoms with Gasteiger partial charge in [-0.3, -0.25) is 24.4 Å². The van der Waals surface area contributed by atoms with Crippen LogP contribution in [-0.2, 0) is 16.0 Å². The van der Waals surface area contributed by atoms with Gasteiger partial charge in [0, 0.05) is 24.5 Å². The summed E-state index contributed by atoms with van der Waals surface area (Å²) in [6.45, 7) is 1.67. The number of pyridine rings is 2. The van der Waals surface area contributed by atoms with Gasteiger partial charge in [-0.25, -0.2) is 0 Å². The molecule has 3 aromatic heterocycles. The fourth-order valence-electron chi connectivity index (χ4n) is 2.67. The Labute approximate surface area is 160 Å². The molecular formula is C19H17N5O4. The molecule has 0 aliphatic rings. The highest BCUT2D eigenvalue weighted by Crippen LogP contribution is 2.25. The van der Waals surface area contributed by atoms with Gasteiger partial charge in [0.25, 0.3) is 11.8 Å². The zero-order valence-corrected chi connectivity index (χ0v) is 15.0. The van der Waals surface area contributed by atoms with Crippen molar-refractivity contribution in [3.8, 4) is 11.3 Å². The lowest BCUT2D eigenvalue weighted by molar-refractivity contribution is -0.137. The minimum atomic E-state index is -1.19. The molecule has 3 aromatic rings. The summed E-state index contributed by atoms with van der Waals surface area (Å²) >= 11 is 0. The summed E-state index contributed by atoms with van der Waals surface area (Å²) in [5, 5.41) is 6.32. The number of amides is 2. The van der Waals surface area contributed by atoms with Crippen molar-refractivity contribution in [1.82, 2.24) is 20.4 Å². The molecule has 0 bridgehead atoms. The predicted octanol–water partition coefficient (Wildman–Crippen LogP) is 0.836. The number of Topliss-reactive ketones (excluding diaryl/α,β-unsaturated/α-hetero) is 1. The fraction of sp³-hybridized carbons (Fsp3) is 0.158. The molecule has 0 aliphatic heterocycles. The van der Waals surface area contributed by atoms with Crippen molar-refractivity contribution in [2.75, 3.05) is 0 Å². The highest BCUT2D eigenvalue weighted by Gasteiger charge is 2.30. The van der Waals surface area contributed by atoms with Crippen molar-refractivity contribution in [1.29, 1.82) is 0 Å². The number of hydrogen-bond acceptors (Lipinski definition) is 7. The molecule has 0 saturated carbocycles. The first-order valence-electron chi connectivity index (χ1n) is 8.39. The molecular weight excluding hydrogens is 362 g/mol. The Morgan fingerprint density at radius 1 is 1.11 bits per heavy atom. The SMILES string of the molecule is Cc1noc(C(=O)NC(Cc2ccccn2)C(=O)C(N)=O)c1-c1ccccn1. The summed E-state index contributed by atoms with van der Waals surface area (Å²) < 4.78 is 5.16. The van der Waals surface area contributed by atoms with E-state index in [-0.39, 0.29) is 12.2 Å². The second kappa shape index (κ2) is 8.21. The van der Waals surface area contributed by atoms with Crippen LogP contribution in [0.4, 0.5) is 0 Å². The van der Waals surface area contributed by atoms with Crippen molar-refractivity contribution in [2.45, 2.75) is 19.4 Å². The minimum Gasteiger partial charge on any atom is -0.363 e. The standard InChI is InChI=1S/C19H17N5O4/c1-11-15(13-7-3-5-9-22-13)17(28-24-11)19(27)23-14(16(25)18(20)26)10-12-6-2-4-8-21-12/h2-9,14H,10H2,1H3,(H2,20,26)(H,23,27). The Morgan fingerprint density at radius 3 is 2.43 bits per heavy atom. The highest BCUT2D eigenvalue weighted by molar-refractivity contribution is 6.38. The van der Waals surface area contributed by atoms with Gasteiger partial charge in [-0.1, -0.05) is 17.3 Å². The van der Waals surface area contributed by atoms with Crippen LogP contribution in [0, 0.1) is 6.92 Å². The molecule has 0 radical (unpaired) electrons. The van der Waals surface area contributed by atoms with Crippen LogP contribution in [0.1, 0.15) is 21.9 Å². The van der Waals surface area contributed by atoms with Gasteiger partial charge in [-0.05, 0) is 31.2 Å². The first-order chi connectivity index (χ1) is 13.5. The van der Waals surface area contributed by atoms with Gasteiger partial charge >= 0.3 is 0 Å². The third-order valence-corrected chi connectivity index (χ3v) is 3.99. The molecule has 28 heavy (non-hydrogen) atoms. The topological polar surface area (TPSA) is 141 Å². The Kier molecular flexibility index (Phi) is 5.54. The van der Waals surface area contributed by atoms with Crippen LogP contribution in [0.5, 0.6) is 0 Å². The number of nitrogens with one attached hydrogen (secondary N) is 1. The van der Waals surface area contributed by atoms with Crippen molar-refractivity contribution in [2.24, 2.45) is 5.73 Å². The zero-order chi connectivity index (χ0) is 20.1. The molecule has 3 rings (SSSR count). The van der Waals surface area contributed by atoms with Gasteiger partial charge in [0.2, 0.25) is 11.5 Å². The molecule has 0 aromatic carbocycles. The first-order valence-corrected chi connectivity index (χ1v) is 8.39. The third-order valence-electron chi connectivity index (χ3n) is 3.99. The molecule has 2 amide bonds. The van der Waals surface area contributed by atoms with Gasteiger partial charge in [0.05, 0.1) is 17.0 Å².